The van der Waals surface area contributed by atoms with Crippen molar-refractivity contribution in [1.29, 1.82) is 0 Å². The van der Waals surface area contributed by atoms with E-state index in [2.05, 4.69) is 40.0 Å². The Morgan fingerprint density at radius 1 is 1.31 bits per heavy atom. The van der Waals surface area contributed by atoms with Gasteiger partial charge in [0.1, 0.15) is 5.84 Å². The van der Waals surface area contributed by atoms with Gasteiger partial charge in [-0.25, -0.2) is 4.99 Å². The second kappa shape index (κ2) is 10.6. The third-order valence-electron chi connectivity index (χ3n) is 6.50. The van der Waals surface area contributed by atoms with E-state index in [0.29, 0.717) is 33.8 Å². The number of halogens is 1. The molecule has 0 unspecified atom stereocenters. The maximum atomic E-state index is 13.5. The second-order valence-electron chi connectivity index (χ2n) is 9.23. The third kappa shape index (κ3) is 5.41. The summed E-state index contributed by atoms with van der Waals surface area (Å²) >= 11 is 6.57. The topological polar surface area (TPSA) is 76.2 Å². The van der Waals surface area contributed by atoms with Crippen molar-refractivity contribution in [3.63, 3.8) is 0 Å². The maximum absolute atomic E-state index is 13.5. The molecular formula is C27H33ClN6O. The molecule has 0 spiro atoms. The van der Waals surface area contributed by atoms with Crippen molar-refractivity contribution < 1.29 is 0 Å². The van der Waals surface area contributed by atoms with Crippen molar-refractivity contribution in [3.8, 4) is 0 Å². The van der Waals surface area contributed by atoms with E-state index in [1.807, 2.05) is 31.6 Å². The first kappa shape index (κ1) is 24.9. The van der Waals surface area contributed by atoms with Crippen molar-refractivity contribution in [2.75, 3.05) is 18.4 Å². The first-order valence-electron chi connectivity index (χ1n) is 12.0. The highest BCUT2D eigenvalue weighted by Crippen LogP contribution is 2.30. The molecule has 1 aliphatic carbocycles. The summed E-state index contributed by atoms with van der Waals surface area (Å²) in [4.78, 5) is 18.1. The minimum absolute atomic E-state index is 0.210. The Morgan fingerprint density at radius 3 is 2.74 bits per heavy atom. The number of nitrogens with zero attached hydrogens (tertiary/aromatic N) is 4. The molecule has 0 aromatic carbocycles. The molecule has 0 radical (unpaired) electrons. The number of pyridine rings is 1. The van der Waals surface area contributed by atoms with Gasteiger partial charge in [0.25, 0.3) is 5.56 Å². The maximum Gasteiger partial charge on any atom is 0.264 e. The molecule has 2 aromatic rings. The van der Waals surface area contributed by atoms with Crippen LogP contribution in [-0.4, -0.2) is 33.3 Å². The van der Waals surface area contributed by atoms with Gasteiger partial charge in [-0.3, -0.25) is 14.0 Å². The molecule has 1 aliphatic heterocycles. The average molecular weight is 493 g/mol. The fraction of sp³-hybridized carbons (Fsp3) is 0.370. The van der Waals surface area contributed by atoms with Gasteiger partial charge in [0.15, 0.2) is 0 Å². The van der Waals surface area contributed by atoms with Crippen LogP contribution in [0.25, 0.3) is 24.0 Å². The molecular weight excluding hydrogens is 460 g/mol. The van der Waals surface area contributed by atoms with Crippen LogP contribution in [0.1, 0.15) is 58.1 Å². The van der Waals surface area contributed by atoms with Crippen LogP contribution in [0.4, 0.5) is 5.69 Å². The smallest absolute Gasteiger partial charge is 0.264 e. The molecule has 35 heavy (non-hydrogen) atoms. The molecule has 0 atom stereocenters. The molecule has 0 amide bonds. The van der Waals surface area contributed by atoms with E-state index in [9.17, 15) is 4.79 Å². The number of amidine groups is 1. The van der Waals surface area contributed by atoms with Crippen molar-refractivity contribution in [1.82, 2.24) is 19.7 Å². The number of anilines is 1. The molecule has 184 valence electrons. The van der Waals surface area contributed by atoms with E-state index < -0.39 is 0 Å². The molecule has 0 saturated carbocycles. The summed E-state index contributed by atoms with van der Waals surface area (Å²) in [5.74, 6) is 0.645. The zero-order chi connectivity index (χ0) is 25.1. The lowest BCUT2D eigenvalue weighted by Crippen LogP contribution is -2.45. The van der Waals surface area contributed by atoms with Gasteiger partial charge in [-0.1, -0.05) is 30.8 Å². The monoisotopic (exact) mass is 492 g/mol. The van der Waals surface area contributed by atoms with Crippen LogP contribution >= 0.6 is 11.6 Å². The Balaban J connectivity index is 1.70. The Labute approximate surface area is 210 Å². The van der Waals surface area contributed by atoms with Gasteiger partial charge in [0.05, 0.1) is 28.8 Å². The molecule has 2 N–H and O–H groups in total. The Kier molecular flexibility index (Phi) is 7.57. The van der Waals surface area contributed by atoms with Crippen LogP contribution in [0.2, 0.25) is 0 Å². The van der Waals surface area contributed by atoms with Crippen LogP contribution in [0.15, 0.2) is 51.6 Å². The fourth-order valence-electron chi connectivity index (χ4n) is 4.58. The van der Waals surface area contributed by atoms with Crippen molar-refractivity contribution in [3.05, 3.63) is 68.2 Å². The van der Waals surface area contributed by atoms with E-state index in [0.717, 1.165) is 60.4 Å². The molecule has 1 fully saturated rings. The van der Waals surface area contributed by atoms with Crippen molar-refractivity contribution in [2.24, 2.45) is 4.99 Å². The Morgan fingerprint density at radius 2 is 2.06 bits per heavy atom. The number of aromatic nitrogens is 3. The molecule has 8 heteroatoms. The van der Waals surface area contributed by atoms with Crippen LogP contribution in [0, 0.1) is 0 Å². The normalized spacial score (nSPS) is 18.1. The first-order chi connectivity index (χ1) is 16.8. The highest BCUT2D eigenvalue weighted by Gasteiger charge is 2.17. The number of piperidine rings is 1. The van der Waals surface area contributed by atoms with E-state index in [-0.39, 0.29) is 5.56 Å². The predicted octanol–water partition coefficient (Wildman–Crippen LogP) is 3.83. The molecule has 2 aliphatic rings. The largest absolute Gasteiger partial charge is 0.341 e. The number of aliphatic imine (C=N–C) groups is 1. The van der Waals surface area contributed by atoms with Gasteiger partial charge in [0.2, 0.25) is 0 Å². The summed E-state index contributed by atoms with van der Waals surface area (Å²) in [5.41, 5.74) is 3.97. The van der Waals surface area contributed by atoms with Crippen LogP contribution < -0.4 is 26.6 Å². The van der Waals surface area contributed by atoms with Gasteiger partial charge >= 0.3 is 0 Å². The average Bonchev–Trinajstić information content (AvgIpc) is 3.29. The van der Waals surface area contributed by atoms with Gasteiger partial charge < -0.3 is 10.6 Å². The number of hydrogen-bond donors (Lipinski definition) is 2. The SMILES string of the molecule is C=C(C)c1cn(C2=C(Cl)CCC=C2C)c(=O)/c(=C/N=C(C)Nc2cnn(C3CCNCC3)c2)c1=C. The standard InChI is InChI=1S/C27H33ClN6O/c1-17(2)24-16-33(26-18(3)7-6-8-25(26)28)27(35)23(19(24)4)14-30-20(5)32-21-13-31-34(15-21)22-9-11-29-12-10-22/h7,13-16,22,29H,1,4,6,8-12H2,2-3,5H3,(H,30,32)/b23-14+. The first-order valence-corrected chi connectivity index (χ1v) is 12.4. The van der Waals surface area contributed by atoms with Crippen LogP contribution in [0.5, 0.6) is 0 Å². The zero-order valence-electron chi connectivity index (χ0n) is 20.7. The highest BCUT2D eigenvalue weighted by molar-refractivity contribution is 6.32. The highest BCUT2D eigenvalue weighted by atomic mass is 35.5. The fourth-order valence-corrected chi connectivity index (χ4v) is 4.93. The molecule has 7 nitrogen and oxygen atoms in total. The van der Waals surface area contributed by atoms with Gasteiger partial charge in [-0.2, -0.15) is 5.10 Å². The van der Waals surface area contributed by atoms with E-state index in [1.165, 1.54) is 0 Å². The summed E-state index contributed by atoms with van der Waals surface area (Å²) in [6, 6.07) is 0.408. The lowest BCUT2D eigenvalue weighted by Gasteiger charge is -2.22. The summed E-state index contributed by atoms with van der Waals surface area (Å²) < 4.78 is 3.62. The quantitative estimate of drug-likeness (QED) is 0.491. The number of nitrogens with one attached hydrogen (secondary N) is 2. The molecule has 2 aromatic heterocycles. The molecule has 0 bridgehead atoms. The Bertz CT molecular complexity index is 1400. The summed E-state index contributed by atoms with van der Waals surface area (Å²) in [5, 5.41) is 12.8. The second-order valence-corrected chi connectivity index (χ2v) is 9.68. The summed E-state index contributed by atoms with van der Waals surface area (Å²) in [6.45, 7) is 16.0. The van der Waals surface area contributed by atoms with Crippen molar-refractivity contribution in [2.45, 2.75) is 52.5 Å². The van der Waals surface area contributed by atoms with Crippen LogP contribution in [0.3, 0.4) is 0 Å². The summed E-state index contributed by atoms with van der Waals surface area (Å²) in [7, 11) is 0. The molecule has 1 saturated heterocycles. The lowest BCUT2D eigenvalue weighted by atomic mass is 10.0. The van der Waals surface area contributed by atoms with E-state index >= 15 is 0 Å². The number of hydrogen-bond acceptors (Lipinski definition) is 4. The minimum atomic E-state index is -0.210. The lowest BCUT2D eigenvalue weighted by molar-refractivity contribution is 0.343. The predicted molar refractivity (Wildman–Crippen MR) is 147 cm³/mol. The Hall–Kier alpha value is -3.16. The molecule has 3 heterocycles. The van der Waals surface area contributed by atoms with Crippen molar-refractivity contribution >= 4 is 47.2 Å². The zero-order valence-corrected chi connectivity index (χ0v) is 21.5. The number of rotatable bonds is 5. The van der Waals surface area contributed by atoms with E-state index in [1.54, 1.807) is 23.2 Å². The van der Waals surface area contributed by atoms with E-state index in [4.69, 9.17) is 11.6 Å². The van der Waals surface area contributed by atoms with Crippen LogP contribution in [-0.2, 0) is 0 Å². The third-order valence-corrected chi connectivity index (χ3v) is 6.87. The minimum Gasteiger partial charge on any atom is -0.341 e. The molecule has 4 rings (SSSR count). The van der Waals surface area contributed by atoms with Gasteiger partial charge in [-0.05, 0) is 75.9 Å². The summed E-state index contributed by atoms with van der Waals surface area (Å²) in [6.07, 6.45) is 13.0. The number of allylic oxidation sites excluding steroid dienone is 5. The van der Waals surface area contributed by atoms with Gasteiger partial charge in [-0.15, -0.1) is 0 Å². The van der Waals surface area contributed by atoms with Gasteiger partial charge in [0, 0.05) is 29.2 Å².